The number of hydrogen-bond acceptors (Lipinski definition) is 5. The molecule has 0 unspecified atom stereocenters. The Hall–Kier alpha value is -3.35. The molecular formula is C23H24FNO5. The summed E-state index contributed by atoms with van der Waals surface area (Å²) >= 11 is 0. The monoisotopic (exact) mass is 413 g/mol. The molecule has 7 heteroatoms. The molecule has 1 saturated carbocycles. The lowest BCUT2D eigenvalue weighted by Gasteiger charge is -2.22. The summed E-state index contributed by atoms with van der Waals surface area (Å²) in [4.78, 5) is 26.2. The first-order valence-electron chi connectivity index (χ1n) is 9.61. The fourth-order valence-corrected chi connectivity index (χ4v) is 3.00. The number of rotatable bonds is 9. The Morgan fingerprint density at radius 1 is 1.13 bits per heavy atom. The molecule has 6 nitrogen and oxygen atoms in total. The minimum absolute atomic E-state index is 0.0647. The van der Waals surface area contributed by atoms with Gasteiger partial charge in [0.1, 0.15) is 17.3 Å². The van der Waals surface area contributed by atoms with Crippen LogP contribution in [0.2, 0.25) is 0 Å². The predicted molar refractivity (Wildman–Crippen MR) is 110 cm³/mol. The van der Waals surface area contributed by atoms with Crippen LogP contribution in [0.5, 0.6) is 11.5 Å². The summed E-state index contributed by atoms with van der Waals surface area (Å²) < 4.78 is 29.4. The smallest absolute Gasteiger partial charge is 0.331 e. The van der Waals surface area contributed by atoms with E-state index in [1.54, 1.807) is 54.5 Å². The van der Waals surface area contributed by atoms with Crippen LogP contribution < -0.4 is 9.47 Å². The molecule has 0 aliphatic heterocycles. The van der Waals surface area contributed by atoms with Crippen LogP contribution in [0.15, 0.2) is 48.5 Å². The lowest BCUT2D eigenvalue weighted by molar-refractivity contribution is -0.148. The van der Waals surface area contributed by atoms with E-state index < -0.39 is 12.6 Å². The Morgan fingerprint density at radius 2 is 1.90 bits per heavy atom. The molecule has 1 amide bonds. The van der Waals surface area contributed by atoms with Crippen molar-refractivity contribution in [3.63, 3.8) is 0 Å². The van der Waals surface area contributed by atoms with E-state index in [4.69, 9.17) is 14.2 Å². The zero-order valence-electron chi connectivity index (χ0n) is 17.0. The SMILES string of the molecule is COc1ccc(/C=C/C(=O)OCC(=O)N(Cc2ccccc2F)C2CC2)c(OC)c1. The lowest BCUT2D eigenvalue weighted by Crippen LogP contribution is -2.36. The van der Waals surface area contributed by atoms with Crippen LogP contribution in [0.1, 0.15) is 24.0 Å². The summed E-state index contributed by atoms with van der Waals surface area (Å²) in [6, 6.07) is 11.6. The molecule has 0 N–H and O–H groups in total. The number of halogens is 1. The fourth-order valence-electron chi connectivity index (χ4n) is 3.00. The highest BCUT2D eigenvalue weighted by atomic mass is 19.1. The van der Waals surface area contributed by atoms with E-state index in [0.29, 0.717) is 22.6 Å². The van der Waals surface area contributed by atoms with Crippen molar-refractivity contribution in [1.82, 2.24) is 4.90 Å². The van der Waals surface area contributed by atoms with Crippen LogP contribution >= 0.6 is 0 Å². The number of hydrogen-bond donors (Lipinski definition) is 0. The number of benzene rings is 2. The van der Waals surface area contributed by atoms with Gasteiger partial charge in [-0.15, -0.1) is 0 Å². The van der Waals surface area contributed by atoms with Crippen molar-refractivity contribution in [3.8, 4) is 11.5 Å². The first kappa shape index (κ1) is 21.4. The van der Waals surface area contributed by atoms with Gasteiger partial charge in [-0.2, -0.15) is 0 Å². The van der Waals surface area contributed by atoms with Crippen molar-refractivity contribution in [3.05, 3.63) is 65.5 Å². The van der Waals surface area contributed by atoms with E-state index in [1.807, 2.05) is 0 Å². The van der Waals surface area contributed by atoms with Gasteiger partial charge in [-0.25, -0.2) is 9.18 Å². The molecule has 2 aromatic carbocycles. The molecule has 30 heavy (non-hydrogen) atoms. The number of carbonyl (C=O) groups excluding carboxylic acids is 2. The highest BCUT2D eigenvalue weighted by molar-refractivity contribution is 5.89. The summed E-state index contributed by atoms with van der Waals surface area (Å²) in [6.07, 6.45) is 4.51. The minimum Gasteiger partial charge on any atom is -0.497 e. The number of nitrogens with zero attached hydrogens (tertiary/aromatic N) is 1. The second-order valence-electron chi connectivity index (χ2n) is 6.89. The van der Waals surface area contributed by atoms with Crippen molar-refractivity contribution in [1.29, 1.82) is 0 Å². The predicted octanol–water partition coefficient (Wildman–Crippen LogP) is 3.59. The average molecular weight is 413 g/mol. The Balaban J connectivity index is 1.57. The van der Waals surface area contributed by atoms with Crippen LogP contribution in [0, 0.1) is 5.82 Å². The molecule has 0 atom stereocenters. The molecular weight excluding hydrogens is 389 g/mol. The number of carbonyl (C=O) groups is 2. The zero-order chi connectivity index (χ0) is 21.5. The Labute approximate surface area is 174 Å². The van der Waals surface area contributed by atoms with Crippen molar-refractivity contribution in [2.24, 2.45) is 0 Å². The standard InChI is InChI=1S/C23H24FNO5/c1-28-19-11-7-16(21(13-19)29-2)8-12-23(27)30-15-22(26)25(18-9-10-18)14-17-5-3-4-6-20(17)24/h3-8,11-13,18H,9-10,14-15H2,1-2H3/b12-8+. The van der Waals surface area contributed by atoms with Gasteiger partial charge in [-0.3, -0.25) is 4.79 Å². The molecule has 0 heterocycles. The van der Waals surface area contributed by atoms with E-state index in [1.165, 1.54) is 19.3 Å². The summed E-state index contributed by atoms with van der Waals surface area (Å²) in [5.74, 6) is -0.178. The molecule has 0 bridgehead atoms. The Kier molecular flexibility index (Phi) is 7.06. The highest BCUT2D eigenvalue weighted by Crippen LogP contribution is 2.29. The minimum atomic E-state index is -0.650. The van der Waals surface area contributed by atoms with Gasteiger partial charge < -0.3 is 19.1 Å². The summed E-state index contributed by atoms with van der Waals surface area (Å²) in [5.41, 5.74) is 1.11. The third-order valence-corrected chi connectivity index (χ3v) is 4.78. The van der Waals surface area contributed by atoms with Gasteiger partial charge in [0, 0.05) is 35.9 Å². The van der Waals surface area contributed by atoms with Gasteiger partial charge in [-0.1, -0.05) is 18.2 Å². The largest absolute Gasteiger partial charge is 0.497 e. The first-order valence-corrected chi connectivity index (χ1v) is 9.61. The van der Waals surface area contributed by atoms with E-state index in [9.17, 15) is 14.0 Å². The number of ether oxygens (including phenoxy) is 3. The van der Waals surface area contributed by atoms with Crippen molar-refractivity contribution >= 4 is 18.0 Å². The maximum absolute atomic E-state index is 13.9. The van der Waals surface area contributed by atoms with Gasteiger partial charge in [0.15, 0.2) is 6.61 Å². The fraction of sp³-hybridized carbons (Fsp3) is 0.304. The second-order valence-corrected chi connectivity index (χ2v) is 6.89. The average Bonchev–Trinajstić information content (AvgIpc) is 3.60. The first-order chi connectivity index (χ1) is 14.5. The van der Waals surface area contributed by atoms with E-state index in [2.05, 4.69) is 0 Å². The van der Waals surface area contributed by atoms with Crippen LogP contribution in [-0.2, 0) is 20.9 Å². The zero-order valence-corrected chi connectivity index (χ0v) is 17.0. The Morgan fingerprint density at radius 3 is 2.57 bits per heavy atom. The number of amides is 1. The third kappa shape index (κ3) is 5.59. The van der Waals surface area contributed by atoms with Crippen LogP contribution in [-0.4, -0.2) is 43.6 Å². The quantitative estimate of drug-likeness (QED) is 0.464. The van der Waals surface area contributed by atoms with Gasteiger partial charge in [-0.05, 0) is 37.1 Å². The molecule has 3 rings (SSSR count). The summed E-state index contributed by atoms with van der Waals surface area (Å²) in [7, 11) is 3.07. The number of esters is 1. The van der Waals surface area contributed by atoms with E-state index >= 15 is 0 Å². The van der Waals surface area contributed by atoms with Gasteiger partial charge in [0.25, 0.3) is 5.91 Å². The summed E-state index contributed by atoms with van der Waals surface area (Å²) in [5, 5.41) is 0. The molecule has 0 saturated heterocycles. The lowest BCUT2D eigenvalue weighted by atomic mass is 10.2. The summed E-state index contributed by atoms with van der Waals surface area (Å²) in [6.45, 7) is -0.236. The maximum Gasteiger partial charge on any atom is 0.331 e. The van der Waals surface area contributed by atoms with Crippen molar-refractivity contribution in [2.45, 2.75) is 25.4 Å². The molecule has 0 radical (unpaired) electrons. The normalized spacial score (nSPS) is 13.2. The molecule has 1 aliphatic rings. The van der Waals surface area contributed by atoms with Crippen molar-refractivity contribution in [2.75, 3.05) is 20.8 Å². The van der Waals surface area contributed by atoms with Gasteiger partial charge >= 0.3 is 5.97 Å². The van der Waals surface area contributed by atoms with Crippen LogP contribution in [0.25, 0.3) is 6.08 Å². The van der Waals surface area contributed by atoms with Gasteiger partial charge in [0.2, 0.25) is 0 Å². The highest BCUT2D eigenvalue weighted by Gasteiger charge is 2.33. The Bertz CT molecular complexity index is 939. The van der Waals surface area contributed by atoms with Crippen molar-refractivity contribution < 1.29 is 28.2 Å². The van der Waals surface area contributed by atoms with E-state index in [0.717, 1.165) is 12.8 Å². The van der Waals surface area contributed by atoms with Gasteiger partial charge in [0.05, 0.1) is 14.2 Å². The van der Waals surface area contributed by atoms with Crippen LogP contribution in [0.4, 0.5) is 4.39 Å². The topological polar surface area (TPSA) is 65.1 Å². The second kappa shape index (κ2) is 9.91. The molecule has 1 fully saturated rings. The molecule has 0 spiro atoms. The third-order valence-electron chi connectivity index (χ3n) is 4.78. The molecule has 158 valence electrons. The molecule has 1 aliphatic carbocycles. The number of methoxy groups -OCH3 is 2. The maximum atomic E-state index is 13.9. The molecule has 2 aromatic rings. The van der Waals surface area contributed by atoms with Crippen LogP contribution in [0.3, 0.4) is 0 Å². The van der Waals surface area contributed by atoms with E-state index in [-0.39, 0.29) is 24.3 Å². The molecule has 0 aromatic heterocycles.